The maximum absolute atomic E-state index is 12.1. The molecule has 3 nitrogen and oxygen atoms in total. The molecule has 0 aliphatic carbocycles. The Morgan fingerprint density at radius 3 is 2.10 bits per heavy atom. The highest BCUT2D eigenvalue weighted by Gasteiger charge is 2.18. The Labute approximate surface area is 124 Å². The lowest BCUT2D eigenvalue weighted by atomic mass is 9.97. The van der Waals surface area contributed by atoms with Crippen LogP contribution >= 0.6 is 0 Å². The molecule has 0 heterocycles. The van der Waals surface area contributed by atoms with Gasteiger partial charge in [0.05, 0.1) is 13.0 Å². The molecular formula is C18H18O3. The highest BCUT2D eigenvalue weighted by molar-refractivity contribution is 5.98. The monoisotopic (exact) mass is 282 g/mol. The fourth-order valence-electron chi connectivity index (χ4n) is 2.16. The highest BCUT2D eigenvalue weighted by atomic mass is 16.5. The van der Waals surface area contributed by atoms with E-state index in [4.69, 9.17) is 0 Å². The minimum absolute atomic E-state index is 0.0486. The second-order valence-corrected chi connectivity index (χ2v) is 4.99. The number of rotatable bonds is 5. The lowest BCUT2D eigenvalue weighted by molar-refractivity contribution is -0.144. The standard InChI is InChI=1S/C18H18O3/c1-13(18(20)21-2)12-17(19)16-10-8-15(9-11-16)14-6-4-3-5-7-14/h3-11,13H,12H2,1-2H3. The van der Waals surface area contributed by atoms with Gasteiger partial charge in [0.25, 0.3) is 0 Å². The molecule has 2 aromatic carbocycles. The van der Waals surface area contributed by atoms with Crippen LogP contribution in [-0.4, -0.2) is 18.9 Å². The Bertz CT molecular complexity index is 615. The van der Waals surface area contributed by atoms with Crippen molar-refractivity contribution < 1.29 is 14.3 Å². The van der Waals surface area contributed by atoms with Crippen molar-refractivity contribution in [3.63, 3.8) is 0 Å². The van der Waals surface area contributed by atoms with E-state index in [2.05, 4.69) is 4.74 Å². The topological polar surface area (TPSA) is 43.4 Å². The van der Waals surface area contributed by atoms with E-state index >= 15 is 0 Å². The normalized spacial score (nSPS) is 11.7. The molecule has 0 saturated carbocycles. The summed E-state index contributed by atoms with van der Waals surface area (Å²) in [6.07, 6.45) is 0.164. The molecule has 0 radical (unpaired) electrons. The number of methoxy groups -OCH3 is 1. The molecule has 0 aliphatic heterocycles. The van der Waals surface area contributed by atoms with Gasteiger partial charge in [-0.1, -0.05) is 61.5 Å². The predicted molar refractivity (Wildman–Crippen MR) is 82.0 cm³/mol. The molecule has 0 bridgehead atoms. The summed E-state index contributed by atoms with van der Waals surface area (Å²) in [5.41, 5.74) is 2.79. The van der Waals surface area contributed by atoms with E-state index in [9.17, 15) is 9.59 Å². The molecule has 0 fully saturated rings. The first-order valence-electron chi connectivity index (χ1n) is 6.88. The molecular weight excluding hydrogens is 264 g/mol. The fraction of sp³-hybridized carbons (Fsp3) is 0.222. The summed E-state index contributed by atoms with van der Waals surface area (Å²) >= 11 is 0. The van der Waals surface area contributed by atoms with Crippen molar-refractivity contribution in [2.45, 2.75) is 13.3 Å². The lowest BCUT2D eigenvalue weighted by Gasteiger charge is -2.08. The average Bonchev–Trinajstić information content (AvgIpc) is 2.55. The minimum Gasteiger partial charge on any atom is -0.469 e. The van der Waals surface area contributed by atoms with Gasteiger partial charge in [-0.05, 0) is 11.1 Å². The van der Waals surface area contributed by atoms with Crippen LogP contribution in [0.5, 0.6) is 0 Å². The molecule has 0 spiro atoms. The second kappa shape index (κ2) is 6.84. The molecule has 2 rings (SSSR count). The van der Waals surface area contributed by atoms with E-state index in [0.29, 0.717) is 5.56 Å². The van der Waals surface area contributed by atoms with E-state index < -0.39 is 5.92 Å². The Balaban J connectivity index is 2.09. The van der Waals surface area contributed by atoms with E-state index in [1.165, 1.54) is 7.11 Å². The average molecular weight is 282 g/mol. The van der Waals surface area contributed by atoms with Crippen LogP contribution < -0.4 is 0 Å². The largest absolute Gasteiger partial charge is 0.469 e. The molecule has 1 unspecified atom stereocenters. The van der Waals surface area contributed by atoms with Crippen LogP contribution in [0, 0.1) is 5.92 Å². The summed E-state index contributed by atoms with van der Waals surface area (Å²) in [7, 11) is 1.33. The van der Waals surface area contributed by atoms with Crippen molar-refractivity contribution in [2.75, 3.05) is 7.11 Å². The van der Waals surface area contributed by atoms with Gasteiger partial charge in [0.1, 0.15) is 0 Å². The van der Waals surface area contributed by atoms with E-state index in [1.54, 1.807) is 19.1 Å². The maximum atomic E-state index is 12.1. The van der Waals surface area contributed by atoms with Crippen molar-refractivity contribution in [1.82, 2.24) is 0 Å². The Kier molecular flexibility index (Phi) is 4.88. The molecule has 0 aromatic heterocycles. The van der Waals surface area contributed by atoms with Crippen LogP contribution in [-0.2, 0) is 9.53 Å². The minimum atomic E-state index is -0.420. The first kappa shape index (κ1) is 15.0. The van der Waals surface area contributed by atoms with Crippen LogP contribution in [0.3, 0.4) is 0 Å². The van der Waals surface area contributed by atoms with Crippen molar-refractivity contribution in [2.24, 2.45) is 5.92 Å². The summed E-state index contributed by atoms with van der Waals surface area (Å²) < 4.78 is 4.63. The third-order valence-corrected chi connectivity index (χ3v) is 3.41. The number of carbonyl (C=O) groups excluding carboxylic acids is 2. The molecule has 0 saturated heterocycles. The predicted octanol–water partition coefficient (Wildman–Crippen LogP) is 3.74. The molecule has 1 atom stereocenters. The molecule has 3 heteroatoms. The first-order valence-corrected chi connectivity index (χ1v) is 6.88. The third kappa shape index (κ3) is 3.78. The van der Waals surface area contributed by atoms with Crippen molar-refractivity contribution in [3.8, 4) is 11.1 Å². The fourth-order valence-corrected chi connectivity index (χ4v) is 2.16. The van der Waals surface area contributed by atoms with Crippen LogP contribution in [0.2, 0.25) is 0 Å². The van der Waals surface area contributed by atoms with Gasteiger partial charge in [-0.3, -0.25) is 9.59 Å². The zero-order valence-electron chi connectivity index (χ0n) is 12.2. The summed E-state index contributed by atoms with van der Waals surface area (Å²) in [5, 5.41) is 0. The molecule has 21 heavy (non-hydrogen) atoms. The van der Waals surface area contributed by atoms with E-state index in [0.717, 1.165) is 11.1 Å². The van der Waals surface area contributed by atoms with E-state index in [-0.39, 0.29) is 18.2 Å². The number of esters is 1. The number of Topliss-reactive ketones (excluding diaryl/α,β-unsaturated/α-hetero) is 1. The molecule has 108 valence electrons. The Hall–Kier alpha value is -2.42. The van der Waals surface area contributed by atoms with Crippen LogP contribution in [0.15, 0.2) is 54.6 Å². The van der Waals surface area contributed by atoms with Crippen LogP contribution in [0.4, 0.5) is 0 Å². The van der Waals surface area contributed by atoms with Gasteiger partial charge in [-0.25, -0.2) is 0 Å². The quantitative estimate of drug-likeness (QED) is 0.620. The lowest BCUT2D eigenvalue weighted by Crippen LogP contribution is -2.16. The number of ether oxygens (including phenoxy) is 1. The number of carbonyl (C=O) groups is 2. The van der Waals surface area contributed by atoms with Crippen molar-refractivity contribution in [1.29, 1.82) is 0 Å². The van der Waals surface area contributed by atoms with Crippen LogP contribution in [0.25, 0.3) is 11.1 Å². The first-order chi connectivity index (χ1) is 10.1. The molecule has 2 aromatic rings. The summed E-state index contributed by atoms with van der Waals surface area (Å²) in [4.78, 5) is 23.5. The number of ketones is 1. The van der Waals surface area contributed by atoms with Crippen LogP contribution in [0.1, 0.15) is 23.7 Å². The molecule has 0 N–H and O–H groups in total. The Morgan fingerprint density at radius 2 is 1.52 bits per heavy atom. The molecule has 0 amide bonds. The van der Waals surface area contributed by atoms with Gasteiger partial charge in [0.15, 0.2) is 5.78 Å². The van der Waals surface area contributed by atoms with Crippen molar-refractivity contribution >= 4 is 11.8 Å². The summed E-state index contributed by atoms with van der Waals surface area (Å²) in [5.74, 6) is -0.826. The third-order valence-electron chi connectivity index (χ3n) is 3.41. The summed E-state index contributed by atoms with van der Waals surface area (Å²) in [6, 6.07) is 17.4. The van der Waals surface area contributed by atoms with E-state index in [1.807, 2.05) is 42.5 Å². The SMILES string of the molecule is COC(=O)C(C)CC(=O)c1ccc(-c2ccccc2)cc1. The van der Waals surface area contributed by atoms with Gasteiger partial charge in [0.2, 0.25) is 0 Å². The maximum Gasteiger partial charge on any atom is 0.308 e. The zero-order chi connectivity index (χ0) is 15.2. The van der Waals surface area contributed by atoms with Gasteiger partial charge in [0, 0.05) is 12.0 Å². The second-order valence-electron chi connectivity index (χ2n) is 4.99. The van der Waals surface area contributed by atoms with Crippen molar-refractivity contribution in [3.05, 3.63) is 60.2 Å². The van der Waals surface area contributed by atoms with Gasteiger partial charge >= 0.3 is 5.97 Å². The number of hydrogen-bond donors (Lipinski definition) is 0. The molecule has 0 aliphatic rings. The zero-order valence-corrected chi connectivity index (χ0v) is 12.2. The van der Waals surface area contributed by atoms with Gasteiger partial charge in [-0.2, -0.15) is 0 Å². The van der Waals surface area contributed by atoms with Gasteiger partial charge in [-0.15, -0.1) is 0 Å². The highest BCUT2D eigenvalue weighted by Crippen LogP contribution is 2.20. The smallest absolute Gasteiger partial charge is 0.308 e. The Morgan fingerprint density at radius 1 is 0.952 bits per heavy atom. The summed E-state index contributed by atoms with van der Waals surface area (Å²) in [6.45, 7) is 1.70. The number of benzene rings is 2. The van der Waals surface area contributed by atoms with Gasteiger partial charge < -0.3 is 4.74 Å². The number of hydrogen-bond acceptors (Lipinski definition) is 3.